The summed E-state index contributed by atoms with van der Waals surface area (Å²) in [4.78, 5) is 22.0. The Bertz CT molecular complexity index is 924. The van der Waals surface area contributed by atoms with Crippen LogP contribution in [-0.4, -0.2) is 32.5 Å². The van der Waals surface area contributed by atoms with Crippen molar-refractivity contribution in [2.24, 2.45) is 0 Å². The molecule has 0 radical (unpaired) electrons. The Morgan fingerprint density at radius 2 is 1.84 bits per heavy atom. The van der Waals surface area contributed by atoms with Crippen molar-refractivity contribution in [2.45, 2.75) is 11.8 Å². The van der Waals surface area contributed by atoms with E-state index in [4.69, 9.17) is 9.84 Å². The van der Waals surface area contributed by atoms with Gasteiger partial charge in [-0.05, 0) is 30.3 Å². The predicted octanol–water partition coefficient (Wildman–Crippen LogP) is 2.15. The number of ether oxygens (including phenoxy) is 1. The normalized spacial score (nSPS) is 10.8. The minimum Gasteiger partial charge on any atom is -0.495 e. The van der Waals surface area contributed by atoms with Crippen LogP contribution in [0.3, 0.4) is 0 Å². The third-order valence-corrected chi connectivity index (χ3v) is 4.53. The fourth-order valence-electron chi connectivity index (χ4n) is 2.06. The first kappa shape index (κ1) is 18.3. The summed E-state index contributed by atoms with van der Waals surface area (Å²) in [5.74, 6) is -1.31. The number of hydrogen-bond acceptors (Lipinski definition) is 5. The van der Waals surface area contributed by atoms with E-state index in [-0.39, 0.29) is 27.8 Å². The van der Waals surface area contributed by atoms with E-state index in [1.165, 1.54) is 56.5 Å². The van der Waals surface area contributed by atoms with Crippen LogP contribution < -0.4 is 14.8 Å². The third-order valence-electron chi connectivity index (χ3n) is 3.16. The largest absolute Gasteiger partial charge is 0.495 e. The summed E-state index contributed by atoms with van der Waals surface area (Å²) in [7, 11) is -2.62. The van der Waals surface area contributed by atoms with Gasteiger partial charge in [-0.15, -0.1) is 0 Å². The lowest BCUT2D eigenvalue weighted by atomic mass is 10.2. The lowest BCUT2D eigenvalue weighted by molar-refractivity contribution is -0.114. The molecule has 0 aliphatic heterocycles. The number of aromatic carboxylic acids is 1. The Morgan fingerprint density at radius 3 is 2.44 bits per heavy atom. The molecule has 0 fully saturated rings. The van der Waals surface area contributed by atoms with E-state index in [2.05, 4.69) is 10.0 Å². The first-order valence-electron chi connectivity index (χ1n) is 7.05. The number of carbonyl (C=O) groups is 2. The summed E-state index contributed by atoms with van der Waals surface area (Å²) >= 11 is 0. The van der Waals surface area contributed by atoms with Gasteiger partial charge in [-0.25, -0.2) is 13.2 Å². The summed E-state index contributed by atoms with van der Waals surface area (Å²) < 4.78 is 32.4. The van der Waals surface area contributed by atoms with Crippen LogP contribution in [0.2, 0.25) is 0 Å². The van der Waals surface area contributed by atoms with Crippen LogP contribution in [-0.2, 0) is 14.8 Å². The van der Waals surface area contributed by atoms with Gasteiger partial charge in [-0.3, -0.25) is 9.52 Å². The smallest absolute Gasteiger partial charge is 0.335 e. The van der Waals surface area contributed by atoms with Gasteiger partial charge in [0.05, 0.1) is 23.3 Å². The molecule has 2 aromatic rings. The Morgan fingerprint density at radius 1 is 1.12 bits per heavy atom. The molecule has 132 valence electrons. The average molecular weight is 364 g/mol. The molecule has 2 aromatic carbocycles. The zero-order valence-electron chi connectivity index (χ0n) is 13.4. The van der Waals surface area contributed by atoms with Crippen molar-refractivity contribution in [3.63, 3.8) is 0 Å². The SMILES string of the molecule is COc1cc(S(=O)(=O)Nc2cccc(C(=O)O)c2)ccc1NC(C)=O. The zero-order chi connectivity index (χ0) is 18.6. The van der Waals surface area contributed by atoms with Crippen molar-refractivity contribution in [3.05, 3.63) is 48.0 Å². The minimum absolute atomic E-state index is 0.0428. The molecule has 0 spiro atoms. The molecule has 8 nitrogen and oxygen atoms in total. The topological polar surface area (TPSA) is 122 Å². The Hall–Kier alpha value is -3.07. The molecule has 2 rings (SSSR count). The van der Waals surface area contributed by atoms with Crippen LogP contribution in [0.15, 0.2) is 47.4 Å². The standard InChI is InChI=1S/C16H16N2O6S/c1-10(19)17-14-7-6-13(9-15(14)24-2)25(22,23)18-12-5-3-4-11(8-12)16(20)21/h3-9,18H,1-2H3,(H,17,19)(H,20,21). The number of carboxylic acid groups (broad SMARTS) is 1. The van der Waals surface area contributed by atoms with E-state index in [0.717, 1.165) is 0 Å². The highest BCUT2D eigenvalue weighted by Crippen LogP contribution is 2.28. The van der Waals surface area contributed by atoms with Crippen molar-refractivity contribution in [1.82, 2.24) is 0 Å². The van der Waals surface area contributed by atoms with Crippen LogP contribution in [0.1, 0.15) is 17.3 Å². The van der Waals surface area contributed by atoms with E-state index in [1.54, 1.807) is 0 Å². The zero-order valence-corrected chi connectivity index (χ0v) is 14.3. The highest BCUT2D eigenvalue weighted by molar-refractivity contribution is 7.92. The summed E-state index contributed by atoms with van der Waals surface area (Å²) in [6.45, 7) is 1.32. The number of carbonyl (C=O) groups excluding carboxylic acids is 1. The molecule has 0 bridgehead atoms. The molecule has 0 saturated heterocycles. The molecule has 0 aliphatic rings. The number of amides is 1. The Balaban J connectivity index is 2.34. The number of hydrogen-bond donors (Lipinski definition) is 3. The van der Waals surface area contributed by atoms with Crippen LogP contribution in [0.5, 0.6) is 5.75 Å². The van der Waals surface area contributed by atoms with Gasteiger partial charge in [0, 0.05) is 18.7 Å². The number of nitrogens with one attached hydrogen (secondary N) is 2. The van der Waals surface area contributed by atoms with Crippen molar-refractivity contribution < 1.29 is 27.9 Å². The Kier molecular flexibility index (Phi) is 5.28. The van der Waals surface area contributed by atoms with Crippen LogP contribution in [0, 0.1) is 0 Å². The van der Waals surface area contributed by atoms with Gasteiger partial charge >= 0.3 is 5.97 Å². The highest BCUT2D eigenvalue weighted by atomic mass is 32.2. The summed E-state index contributed by atoms with van der Waals surface area (Å²) in [5.41, 5.74) is 0.408. The summed E-state index contributed by atoms with van der Waals surface area (Å²) in [6, 6.07) is 9.40. The Labute approximate surface area is 144 Å². The molecule has 0 aromatic heterocycles. The van der Waals surface area contributed by atoms with Gasteiger partial charge in [0.2, 0.25) is 5.91 Å². The van der Waals surface area contributed by atoms with Gasteiger partial charge < -0.3 is 15.2 Å². The van der Waals surface area contributed by atoms with Gasteiger partial charge in [0.1, 0.15) is 5.75 Å². The highest BCUT2D eigenvalue weighted by Gasteiger charge is 2.18. The molecule has 1 amide bonds. The maximum absolute atomic E-state index is 12.5. The van der Waals surface area contributed by atoms with Crippen molar-refractivity contribution in [3.8, 4) is 5.75 Å². The van der Waals surface area contributed by atoms with E-state index in [0.29, 0.717) is 5.69 Å². The monoisotopic (exact) mass is 364 g/mol. The van der Waals surface area contributed by atoms with E-state index in [9.17, 15) is 18.0 Å². The molecular formula is C16H16N2O6S. The molecule has 0 saturated carbocycles. The molecule has 0 unspecified atom stereocenters. The maximum Gasteiger partial charge on any atom is 0.335 e. The van der Waals surface area contributed by atoms with Crippen LogP contribution >= 0.6 is 0 Å². The summed E-state index contributed by atoms with van der Waals surface area (Å²) in [5, 5.41) is 11.5. The molecule has 25 heavy (non-hydrogen) atoms. The number of benzene rings is 2. The lowest BCUT2D eigenvalue weighted by Crippen LogP contribution is -2.14. The molecule has 9 heteroatoms. The van der Waals surface area contributed by atoms with E-state index < -0.39 is 16.0 Å². The van der Waals surface area contributed by atoms with Gasteiger partial charge in [-0.1, -0.05) is 6.07 Å². The van der Waals surface area contributed by atoms with Gasteiger partial charge in [0.25, 0.3) is 10.0 Å². The van der Waals surface area contributed by atoms with Crippen LogP contribution in [0.25, 0.3) is 0 Å². The molecule has 0 atom stereocenters. The number of sulfonamides is 1. The fourth-order valence-corrected chi connectivity index (χ4v) is 3.13. The molecular weight excluding hydrogens is 348 g/mol. The summed E-state index contributed by atoms with van der Waals surface area (Å²) in [6.07, 6.45) is 0. The minimum atomic E-state index is -3.97. The van der Waals surface area contributed by atoms with Gasteiger partial charge in [-0.2, -0.15) is 0 Å². The number of anilines is 2. The molecule has 0 aliphatic carbocycles. The predicted molar refractivity (Wildman–Crippen MR) is 91.5 cm³/mol. The number of carboxylic acids is 1. The van der Waals surface area contributed by atoms with Crippen molar-refractivity contribution in [1.29, 1.82) is 0 Å². The van der Waals surface area contributed by atoms with E-state index >= 15 is 0 Å². The molecule has 0 heterocycles. The van der Waals surface area contributed by atoms with Gasteiger partial charge in [0.15, 0.2) is 0 Å². The first-order chi connectivity index (χ1) is 11.7. The quantitative estimate of drug-likeness (QED) is 0.722. The maximum atomic E-state index is 12.5. The second-order valence-electron chi connectivity index (χ2n) is 5.03. The van der Waals surface area contributed by atoms with Crippen molar-refractivity contribution in [2.75, 3.05) is 17.1 Å². The van der Waals surface area contributed by atoms with E-state index in [1.807, 2.05) is 0 Å². The molecule has 3 N–H and O–H groups in total. The van der Waals surface area contributed by atoms with Crippen LogP contribution in [0.4, 0.5) is 11.4 Å². The second kappa shape index (κ2) is 7.22. The third kappa shape index (κ3) is 4.48. The lowest BCUT2D eigenvalue weighted by Gasteiger charge is -2.12. The fraction of sp³-hybridized carbons (Fsp3) is 0.125. The van der Waals surface area contributed by atoms with Crippen molar-refractivity contribution >= 4 is 33.3 Å². The first-order valence-corrected chi connectivity index (χ1v) is 8.53. The second-order valence-corrected chi connectivity index (χ2v) is 6.72. The number of rotatable bonds is 6. The average Bonchev–Trinajstić information content (AvgIpc) is 2.54. The number of methoxy groups -OCH3 is 1.